The fraction of sp³-hybridized carbons (Fsp3) is 0.417. The molecule has 1 N–H and O–H groups in total. The van der Waals surface area contributed by atoms with Crippen LogP contribution in [0.15, 0.2) is 22.9 Å². The largest absolute Gasteiger partial charge is 0.361 e. The summed E-state index contributed by atoms with van der Waals surface area (Å²) in [6, 6.07) is 3.76. The van der Waals surface area contributed by atoms with Crippen LogP contribution in [0, 0.1) is 6.92 Å². The Kier molecular flexibility index (Phi) is 2.62. The highest BCUT2D eigenvalue weighted by Crippen LogP contribution is 2.14. The zero-order valence-electron chi connectivity index (χ0n) is 10.1. The molecule has 0 spiro atoms. The molecular weight excluding hydrogens is 232 g/mol. The second kappa shape index (κ2) is 4.29. The van der Waals surface area contributed by atoms with Crippen molar-refractivity contribution in [3.05, 3.63) is 35.5 Å². The van der Waals surface area contributed by atoms with Gasteiger partial charge in [0, 0.05) is 37.0 Å². The summed E-state index contributed by atoms with van der Waals surface area (Å²) in [7, 11) is 0. The van der Waals surface area contributed by atoms with Crippen LogP contribution in [-0.4, -0.2) is 26.9 Å². The van der Waals surface area contributed by atoms with E-state index in [0.29, 0.717) is 11.5 Å². The van der Waals surface area contributed by atoms with Gasteiger partial charge in [-0.2, -0.15) is 5.10 Å². The molecule has 0 bridgehead atoms. The minimum Gasteiger partial charge on any atom is -0.361 e. The number of rotatable bonds is 2. The lowest BCUT2D eigenvalue weighted by Gasteiger charge is -2.23. The topological polar surface area (TPSA) is 73.0 Å². The Bertz CT molecular complexity index is 572. The molecule has 1 aliphatic heterocycles. The van der Waals surface area contributed by atoms with Crippen molar-refractivity contribution in [3.63, 3.8) is 0 Å². The monoisotopic (exact) mass is 246 g/mol. The van der Waals surface area contributed by atoms with Gasteiger partial charge in [-0.05, 0) is 19.4 Å². The first kappa shape index (κ1) is 11.0. The van der Waals surface area contributed by atoms with Gasteiger partial charge in [-0.1, -0.05) is 5.16 Å². The average Bonchev–Trinajstić information content (AvgIpc) is 2.96. The third-order valence-corrected chi connectivity index (χ3v) is 3.15. The minimum atomic E-state index is -0.176. The standard InChI is InChI=1S/C12H14N4O2/c1-8-6-11(15-18-8)12(17)14-9-3-5-16-10(7-9)2-4-13-16/h2,4,6,9H,3,5,7H2,1H3,(H,14,17)/t9-/m1/s1. The van der Waals surface area contributed by atoms with Crippen LogP contribution in [0.5, 0.6) is 0 Å². The predicted octanol–water partition coefficient (Wildman–Crippen LogP) is 0.924. The van der Waals surface area contributed by atoms with E-state index in [2.05, 4.69) is 15.6 Å². The zero-order valence-corrected chi connectivity index (χ0v) is 10.1. The highest BCUT2D eigenvalue weighted by atomic mass is 16.5. The first-order valence-corrected chi connectivity index (χ1v) is 5.97. The Balaban J connectivity index is 1.66. The lowest BCUT2D eigenvalue weighted by Crippen LogP contribution is -2.40. The summed E-state index contributed by atoms with van der Waals surface area (Å²) in [5.74, 6) is 0.465. The third-order valence-electron chi connectivity index (χ3n) is 3.15. The number of nitrogens with zero attached hydrogens (tertiary/aromatic N) is 3. The SMILES string of the molecule is Cc1cc(C(=O)N[C@@H]2CCn3nccc3C2)no1. The summed E-state index contributed by atoms with van der Waals surface area (Å²) in [5.41, 5.74) is 1.49. The summed E-state index contributed by atoms with van der Waals surface area (Å²) < 4.78 is 6.87. The van der Waals surface area contributed by atoms with Crippen molar-refractivity contribution in [1.29, 1.82) is 0 Å². The van der Waals surface area contributed by atoms with Crippen molar-refractivity contribution in [3.8, 4) is 0 Å². The predicted molar refractivity (Wildman–Crippen MR) is 63.0 cm³/mol. The third kappa shape index (κ3) is 2.01. The molecule has 0 aliphatic carbocycles. The molecule has 0 saturated heterocycles. The number of amides is 1. The van der Waals surface area contributed by atoms with E-state index in [9.17, 15) is 4.79 Å². The molecule has 1 amide bonds. The number of hydrogen-bond donors (Lipinski definition) is 1. The normalized spacial score (nSPS) is 18.4. The first-order valence-electron chi connectivity index (χ1n) is 5.97. The molecule has 0 fully saturated rings. The molecular formula is C12H14N4O2. The molecule has 0 unspecified atom stereocenters. The second-order valence-corrected chi connectivity index (χ2v) is 4.53. The molecule has 0 saturated carbocycles. The Labute approximate surface area is 104 Å². The molecule has 0 radical (unpaired) electrons. The zero-order chi connectivity index (χ0) is 12.5. The van der Waals surface area contributed by atoms with Crippen LogP contribution in [0.4, 0.5) is 0 Å². The van der Waals surface area contributed by atoms with E-state index >= 15 is 0 Å². The van der Waals surface area contributed by atoms with Crippen LogP contribution in [0.3, 0.4) is 0 Å². The van der Waals surface area contributed by atoms with Crippen LogP contribution in [0.1, 0.15) is 28.4 Å². The van der Waals surface area contributed by atoms with Gasteiger partial charge in [0.15, 0.2) is 5.69 Å². The summed E-state index contributed by atoms with van der Waals surface area (Å²) in [6.07, 6.45) is 3.49. The van der Waals surface area contributed by atoms with E-state index in [-0.39, 0.29) is 11.9 Å². The Hall–Kier alpha value is -2.11. The van der Waals surface area contributed by atoms with Gasteiger partial charge in [0.05, 0.1) is 0 Å². The van der Waals surface area contributed by atoms with Crippen molar-refractivity contribution < 1.29 is 9.32 Å². The van der Waals surface area contributed by atoms with Gasteiger partial charge in [0.25, 0.3) is 5.91 Å². The quantitative estimate of drug-likeness (QED) is 0.855. The molecule has 2 aromatic heterocycles. The summed E-state index contributed by atoms with van der Waals surface area (Å²) in [4.78, 5) is 11.9. The van der Waals surface area contributed by atoms with Crippen LogP contribution in [-0.2, 0) is 13.0 Å². The van der Waals surface area contributed by atoms with E-state index < -0.39 is 0 Å². The number of hydrogen-bond acceptors (Lipinski definition) is 4. The first-order chi connectivity index (χ1) is 8.72. The molecule has 94 valence electrons. The number of aryl methyl sites for hydroxylation is 2. The number of carbonyl (C=O) groups excluding carboxylic acids is 1. The van der Waals surface area contributed by atoms with E-state index in [0.717, 1.165) is 25.1 Å². The van der Waals surface area contributed by atoms with Crippen LogP contribution in [0.2, 0.25) is 0 Å². The lowest BCUT2D eigenvalue weighted by atomic mass is 10.0. The van der Waals surface area contributed by atoms with Crippen LogP contribution in [0.25, 0.3) is 0 Å². The smallest absolute Gasteiger partial charge is 0.273 e. The number of aromatic nitrogens is 3. The van der Waals surface area contributed by atoms with Gasteiger partial charge in [0.1, 0.15) is 5.76 Å². The summed E-state index contributed by atoms with van der Waals surface area (Å²) in [6.45, 7) is 2.61. The van der Waals surface area contributed by atoms with Gasteiger partial charge >= 0.3 is 0 Å². The molecule has 18 heavy (non-hydrogen) atoms. The van der Waals surface area contributed by atoms with Gasteiger partial charge < -0.3 is 9.84 Å². The Morgan fingerprint density at radius 3 is 3.28 bits per heavy atom. The molecule has 6 nitrogen and oxygen atoms in total. The minimum absolute atomic E-state index is 0.138. The molecule has 2 aromatic rings. The van der Waals surface area contributed by atoms with Gasteiger partial charge in [-0.25, -0.2) is 0 Å². The average molecular weight is 246 g/mol. The van der Waals surface area contributed by atoms with Crippen molar-refractivity contribution in [2.24, 2.45) is 0 Å². The molecule has 6 heteroatoms. The van der Waals surface area contributed by atoms with Crippen LogP contribution < -0.4 is 5.32 Å². The maximum absolute atomic E-state index is 11.9. The Morgan fingerprint density at radius 1 is 1.61 bits per heavy atom. The molecule has 3 heterocycles. The summed E-state index contributed by atoms with van der Waals surface area (Å²) >= 11 is 0. The van der Waals surface area contributed by atoms with E-state index in [1.54, 1.807) is 19.2 Å². The lowest BCUT2D eigenvalue weighted by molar-refractivity contribution is 0.0921. The number of carbonyl (C=O) groups is 1. The highest BCUT2D eigenvalue weighted by molar-refractivity contribution is 5.92. The van der Waals surface area contributed by atoms with E-state index in [1.165, 1.54) is 0 Å². The highest BCUT2D eigenvalue weighted by Gasteiger charge is 2.22. The fourth-order valence-corrected chi connectivity index (χ4v) is 2.22. The fourth-order valence-electron chi connectivity index (χ4n) is 2.22. The number of nitrogens with one attached hydrogen (secondary N) is 1. The van der Waals surface area contributed by atoms with Crippen molar-refractivity contribution in [2.75, 3.05) is 0 Å². The van der Waals surface area contributed by atoms with Crippen molar-refractivity contribution >= 4 is 5.91 Å². The van der Waals surface area contributed by atoms with Crippen LogP contribution >= 0.6 is 0 Å². The molecule has 1 atom stereocenters. The van der Waals surface area contributed by atoms with Gasteiger partial charge in [-0.3, -0.25) is 9.48 Å². The molecule has 1 aliphatic rings. The summed E-state index contributed by atoms with van der Waals surface area (Å²) in [5, 5.41) is 10.9. The van der Waals surface area contributed by atoms with Crippen molar-refractivity contribution in [2.45, 2.75) is 32.4 Å². The number of fused-ring (bicyclic) bond motifs is 1. The van der Waals surface area contributed by atoms with E-state index in [4.69, 9.17) is 4.52 Å². The molecule has 0 aromatic carbocycles. The van der Waals surface area contributed by atoms with Gasteiger partial charge in [0.2, 0.25) is 0 Å². The maximum atomic E-state index is 11.9. The van der Waals surface area contributed by atoms with E-state index in [1.807, 2.05) is 10.7 Å². The molecule has 3 rings (SSSR count). The maximum Gasteiger partial charge on any atom is 0.273 e. The van der Waals surface area contributed by atoms with Gasteiger partial charge in [-0.15, -0.1) is 0 Å². The Morgan fingerprint density at radius 2 is 2.50 bits per heavy atom. The van der Waals surface area contributed by atoms with Crippen molar-refractivity contribution in [1.82, 2.24) is 20.3 Å². The second-order valence-electron chi connectivity index (χ2n) is 4.53.